The van der Waals surface area contributed by atoms with Crippen LogP contribution in [0.4, 0.5) is 4.39 Å². The molecule has 0 aliphatic carbocycles. The second kappa shape index (κ2) is 6.16. The molecule has 4 heteroatoms. The second-order valence-electron chi connectivity index (χ2n) is 4.48. The summed E-state index contributed by atoms with van der Waals surface area (Å²) in [5.41, 5.74) is 2.35. The van der Waals surface area contributed by atoms with Crippen molar-refractivity contribution in [2.24, 2.45) is 0 Å². The Morgan fingerprint density at radius 1 is 1.16 bits per heavy atom. The number of rotatable bonds is 3. The molecule has 0 spiro atoms. The van der Waals surface area contributed by atoms with E-state index in [0.29, 0.717) is 10.0 Å². The fraction of sp³-hybridized carbons (Fsp3) is 0.200. The zero-order chi connectivity index (χ0) is 14.0. The van der Waals surface area contributed by atoms with Crippen molar-refractivity contribution in [3.8, 4) is 0 Å². The molecule has 0 radical (unpaired) electrons. The number of aliphatic hydroxyl groups excluding tert-OH is 1. The Hall–Kier alpha value is -0.710. The van der Waals surface area contributed by atoms with Crippen LogP contribution in [0.15, 0.2) is 45.3 Å². The zero-order valence-electron chi connectivity index (χ0n) is 10.3. The van der Waals surface area contributed by atoms with Crippen LogP contribution in [-0.4, -0.2) is 5.11 Å². The van der Waals surface area contributed by atoms with Crippen molar-refractivity contribution in [3.63, 3.8) is 0 Å². The fourth-order valence-electron chi connectivity index (χ4n) is 1.92. The van der Waals surface area contributed by atoms with Gasteiger partial charge in [0.2, 0.25) is 0 Å². The molecule has 2 aromatic rings. The molecule has 0 amide bonds. The lowest BCUT2D eigenvalue weighted by atomic mass is 10.00. The molecule has 0 bridgehead atoms. The van der Waals surface area contributed by atoms with Crippen LogP contribution in [0.3, 0.4) is 0 Å². The highest BCUT2D eigenvalue weighted by atomic mass is 79.9. The third-order valence-corrected chi connectivity index (χ3v) is 4.15. The third kappa shape index (κ3) is 3.65. The van der Waals surface area contributed by atoms with Gasteiger partial charge in [0.25, 0.3) is 0 Å². The van der Waals surface area contributed by atoms with Crippen LogP contribution in [-0.2, 0) is 6.42 Å². The number of benzene rings is 2. The average molecular weight is 388 g/mol. The van der Waals surface area contributed by atoms with Crippen molar-refractivity contribution in [1.82, 2.24) is 0 Å². The van der Waals surface area contributed by atoms with Gasteiger partial charge in [-0.05, 0) is 36.2 Å². The zero-order valence-corrected chi connectivity index (χ0v) is 13.5. The van der Waals surface area contributed by atoms with Gasteiger partial charge in [-0.25, -0.2) is 4.39 Å². The first-order chi connectivity index (χ1) is 8.97. The van der Waals surface area contributed by atoms with Crippen LogP contribution >= 0.6 is 31.9 Å². The molecule has 0 aliphatic heterocycles. The van der Waals surface area contributed by atoms with E-state index in [1.54, 1.807) is 12.1 Å². The molecule has 0 aliphatic rings. The van der Waals surface area contributed by atoms with Crippen LogP contribution < -0.4 is 0 Å². The molecule has 0 fully saturated rings. The van der Waals surface area contributed by atoms with Gasteiger partial charge in [0, 0.05) is 15.4 Å². The molecule has 1 unspecified atom stereocenters. The van der Waals surface area contributed by atoms with E-state index in [0.717, 1.165) is 15.6 Å². The molecule has 0 heterocycles. The number of aliphatic hydroxyl groups is 1. The monoisotopic (exact) mass is 386 g/mol. The third-order valence-electron chi connectivity index (χ3n) is 2.94. The van der Waals surface area contributed by atoms with E-state index in [1.165, 1.54) is 6.07 Å². The van der Waals surface area contributed by atoms with Crippen LogP contribution in [0.2, 0.25) is 0 Å². The van der Waals surface area contributed by atoms with E-state index < -0.39 is 6.10 Å². The summed E-state index contributed by atoms with van der Waals surface area (Å²) in [7, 11) is 0. The Morgan fingerprint density at radius 2 is 1.89 bits per heavy atom. The molecule has 1 nitrogen and oxygen atoms in total. The number of hydrogen-bond donors (Lipinski definition) is 1. The number of aryl methyl sites for hydroxylation is 1. The minimum Gasteiger partial charge on any atom is -0.388 e. The van der Waals surface area contributed by atoms with E-state index >= 15 is 0 Å². The van der Waals surface area contributed by atoms with Gasteiger partial charge in [-0.2, -0.15) is 0 Å². The summed E-state index contributed by atoms with van der Waals surface area (Å²) in [5, 5.41) is 10.3. The summed E-state index contributed by atoms with van der Waals surface area (Å²) in [4.78, 5) is 0. The maximum Gasteiger partial charge on any atom is 0.127 e. The standard InChI is InChI=1S/C15H13Br2FO/c1-9-2-5-13(17)12(6-9)15(19)7-10-3-4-11(16)8-14(10)18/h2-6,8,15,19H,7H2,1H3. The number of hydrogen-bond acceptors (Lipinski definition) is 1. The summed E-state index contributed by atoms with van der Waals surface area (Å²) < 4.78 is 15.3. The Labute approximate surface area is 128 Å². The second-order valence-corrected chi connectivity index (χ2v) is 6.25. The Bertz CT molecular complexity index is 599. The summed E-state index contributed by atoms with van der Waals surface area (Å²) in [6.07, 6.45) is -0.480. The van der Waals surface area contributed by atoms with Crippen LogP contribution in [0, 0.1) is 12.7 Å². The topological polar surface area (TPSA) is 20.2 Å². The molecular formula is C15H13Br2FO. The molecule has 100 valence electrons. The van der Waals surface area contributed by atoms with Crippen molar-refractivity contribution >= 4 is 31.9 Å². The molecule has 1 N–H and O–H groups in total. The van der Waals surface area contributed by atoms with Gasteiger partial charge in [0.1, 0.15) is 5.82 Å². The molecule has 0 aromatic heterocycles. The molecule has 2 rings (SSSR count). The molecule has 0 saturated heterocycles. The van der Waals surface area contributed by atoms with E-state index in [1.807, 2.05) is 25.1 Å². The van der Waals surface area contributed by atoms with Crippen LogP contribution in [0.25, 0.3) is 0 Å². The predicted octanol–water partition coefficient (Wildman–Crippen LogP) is 4.94. The highest BCUT2D eigenvalue weighted by Gasteiger charge is 2.14. The Balaban J connectivity index is 2.25. The minimum atomic E-state index is -0.732. The van der Waals surface area contributed by atoms with Crippen LogP contribution in [0.5, 0.6) is 0 Å². The molecule has 19 heavy (non-hydrogen) atoms. The Kier molecular flexibility index (Phi) is 4.76. The smallest absolute Gasteiger partial charge is 0.127 e. The minimum absolute atomic E-state index is 0.251. The lowest BCUT2D eigenvalue weighted by Gasteiger charge is -2.14. The Morgan fingerprint density at radius 3 is 2.58 bits per heavy atom. The van der Waals surface area contributed by atoms with E-state index in [2.05, 4.69) is 31.9 Å². The molecule has 2 aromatic carbocycles. The first-order valence-electron chi connectivity index (χ1n) is 5.85. The van der Waals surface area contributed by atoms with Crippen LogP contribution in [0.1, 0.15) is 22.8 Å². The normalized spacial score (nSPS) is 12.5. The van der Waals surface area contributed by atoms with Crippen molar-refractivity contribution in [1.29, 1.82) is 0 Å². The first-order valence-corrected chi connectivity index (χ1v) is 7.44. The molecule has 1 atom stereocenters. The van der Waals surface area contributed by atoms with Gasteiger partial charge in [0.05, 0.1) is 6.10 Å². The first kappa shape index (κ1) is 14.7. The van der Waals surface area contributed by atoms with Gasteiger partial charge in [-0.3, -0.25) is 0 Å². The lowest BCUT2D eigenvalue weighted by molar-refractivity contribution is 0.176. The summed E-state index contributed by atoms with van der Waals surface area (Å²) in [6, 6.07) is 10.6. The summed E-state index contributed by atoms with van der Waals surface area (Å²) in [6.45, 7) is 1.96. The fourth-order valence-corrected chi connectivity index (χ4v) is 2.77. The largest absolute Gasteiger partial charge is 0.388 e. The SMILES string of the molecule is Cc1ccc(Br)c(C(O)Cc2ccc(Br)cc2F)c1. The van der Waals surface area contributed by atoms with Gasteiger partial charge >= 0.3 is 0 Å². The van der Waals surface area contributed by atoms with E-state index in [9.17, 15) is 9.50 Å². The van der Waals surface area contributed by atoms with Gasteiger partial charge in [-0.15, -0.1) is 0 Å². The lowest BCUT2D eigenvalue weighted by Crippen LogP contribution is -2.04. The predicted molar refractivity (Wildman–Crippen MR) is 81.6 cm³/mol. The molecule has 0 saturated carbocycles. The maximum absolute atomic E-state index is 13.8. The van der Waals surface area contributed by atoms with Crippen molar-refractivity contribution < 1.29 is 9.50 Å². The van der Waals surface area contributed by atoms with Gasteiger partial charge in [0.15, 0.2) is 0 Å². The average Bonchev–Trinajstić information content (AvgIpc) is 2.35. The summed E-state index contributed by atoms with van der Waals surface area (Å²) >= 11 is 6.63. The summed E-state index contributed by atoms with van der Waals surface area (Å²) in [5.74, 6) is -0.308. The quantitative estimate of drug-likeness (QED) is 0.791. The van der Waals surface area contributed by atoms with Gasteiger partial charge < -0.3 is 5.11 Å². The van der Waals surface area contributed by atoms with Gasteiger partial charge in [-0.1, -0.05) is 55.6 Å². The maximum atomic E-state index is 13.8. The highest BCUT2D eigenvalue weighted by Crippen LogP contribution is 2.28. The molecular weight excluding hydrogens is 375 g/mol. The number of halogens is 3. The van der Waals surface area contributed by atoms with Crippen molar-refractivity contribution in [3.05, 3.63) is 67.9 Å². The van der Waals surface area contributed by atoms with E-state index in [4.69, 9.17) is 0 Å². The van der Waals surface area contributed by atoms with E-state index in [-0.39, 0.29) is 12.2 Å². The van der Waals surface area contributed by atoms with Crippen molar-refractivity contribution in [2.75, 3.05) is 0 Å². The van der Waals surface area contributed by atoms with Crippen molar-refractivity contribution in [2.45, 2.75) is 19.4 Å². The highest BCUT2D eigenvalue weighted by molar-refractivity contribution is 9.10.